The van der Waals surface area contributed by atoms with Gasteiger partial charge in [-0.05, 0) is 64.8 Å². The number of rotatable bonds is 4. The summed E-state index contributed by atoms with van der Waals surface area (Å²) in [6.45, 7) is 4.18. The Hall–Kier alpha value is -3.52. The lowest BCUT2D eigenvalue weighted by Crippen LogP contribution is -2.36. The lowest BCUT2D eigenvalue weighted by molar-refractivity contribution is 0.444. The fourth-order valence-electron chi connectivity index (χ4n) is 5.38. The first-order valence-corrected chi connectivity index (χ1v) is 11.4. The van der Waals surface area contributed by atoms with Crippen molar-refractivity contribution in [2.75, 3.05) is 0 Å². The van der Waals surface area contributed by atoms with Crippen LogP contribution in [0.5, 0.6) is 11.5 Å². The molecule has 0 heterocycles. The zero-order valence-corrected chi connectivity index (χ0v) is 18.6. The number of hydrogen-bond acceptors (Lipinski definition) is 2. The SMILES string of the molecule is CCc1ccc(C2(c3ccc(CC)cc3O)c3ccccc3Cc3ccccc32)c(O)c1. The normalized spacial score (nSPS) is 13.9. The molecule has 5 rings (SSSR count). The third-order valence-corrected chi connectivity index (χ3v) is 6.97. The highest BCUT2D eigenvalue weighted by Crippen LogP contribution is 2.55. The van der Waals surface area contributed by atoms with E-state index < -0.39 is 5.41 Å². The molecule has 0 unspecified atom stereocenters. The third kappa shape index (κ3) is 2.94. The number of benzene rings is 4. The van der Waals surface area contributed by atoms with E-state index in [9.17, 15) is 10.2 Å². The summed E-state index contributed by atoms with van der Waals surface area (Å²) in [7, 11) is 0. The van der Waals surface area contributed by atoms with Gasteiger partial charge in [0.1, 0.15) is 11.5 Å². The molecule has 2 nitrogen and oxygen atoms in total. The minimum absolute atomic E-state index is 0.259. The van der Waals surface area contributed by atoms with Crippen LogP contribution in [0.2, 0.25) is 0 Å². The maximum Gasteiger partial charge on any atom is 0.120 e. The van der Waals surface area contributed by atoms with E-state index in [1.54, 1.807) is 0 Å². The van der Waals surface area contributed by atoms with Crippen LogP contribution in [0.4, 0.5) is 0 Å². The predicted molar refractivity (Wildman–Crippen MR) is 130 cm³/mol. The molecule has 0 spiro atoms. The maximum absolute atomic E-state index is 11.4. The van der Waals surface area contributed by atoms with Crippen molar-refractivity contribution < 1.29 is 10.2 Å². The molecule has 2 N–H and O–H groups in total. The van der Waals surface area contributed by atoms with E-state index in [2.05, 4.69) is 74.5 Å². The van der Waals surface area contributed by atoms with Gasteiger partial charge >= 0.3 is 0 Å². The highest BCUT2D eigenvalue weighted by Gasteiger charge is 2.46. The monoisotopic (exact) mass is 420 g/mol. The van der Waals surface area contributed by atoms with Gasteiger partial charge in [0.2, 0.25) is 0 Å². The van der Waals surface area contributed by atoms with E-state index in [1.807, 2.05) is 24.3 Å². The van der Waals surface area contributed by atoms with Gasteiger partial charge in [0.05, 0.1) is 5.41 Å². The van der Waals surface area contributed by atoms with Crippen LogP contribution < -0.4 is 0 Å². The Morgan fingerprint density at radius 3 is 1.44 bits per heavy atom. The number of aryl methyl sites for hydroxylation is 2. The van der Waals surface area contributed by atoms with Gasteiger partial charge in [0, 0.05) is 11.1 Å². The van der Waals surface area contributed by atoms with Gasteiger partial charge < -0.3 is 10.2 Å². The Morgan fingerprint density at radius 2 is 1.03 bits per heavy atom. The second-order valence-corrected chi connectivity index (χ2v) is 8.65. The van der Waals surface area contributed by atoms with E-state index in [0.717, 1.165) is 52.6 Å². The number of aromatic hydroxyl groups is 2. The molecule has 4 aromatic carbocycles. The summed E-state index contributed by atoms with van der Waals surface area (Å²) in [4.78, 5) is 0. The van der Waals surface area contributed by atoms with Crippen LogP contribution in [0.15, 0.2) is 84.9 Å². The van der Waals surface area contributed by atoms with Gasteiger partial charge in [-0.15, -0.1) is 0 Å². The first-order valence-electron chi connectivity index (χ1n) is 11.4. The van der Waals surface area contributed by atoms with E-state index in [-0.39, 0.29) is 11.5 Å². The van der Waals surface area contributed by atoms with Crippen LogP contribution in [0.3, 0.4) is 0 Å². The minimum atomic E-state index is -0.807. The fraction of sp³-hybridized carbons (Fsp3) is 0.200. The van der Waals surface area contributed by atoms with Crippen LogP contribution >= 0.6 is 0 Å². The summed E-state index contributed by atoms with van der Waals surface area (Å²) in [5, 5.41) is 22.7. The lowest BCUT2D eigenvalue weighted by Gasteiger charge is -2.42. The van der Waals surface area contributed by atoms with Crippen LogP contribution in [-0.4, -0.2) is 10.2 Å². The number of phenols is 2. The summed E-state index contributed by atoms with van der Waals surface area (Å²) in [6, 6.07) is 28.9. The molecule has 0 bridgehead atoms. The van der Waals surface area contributed by atoms with Crippen LogP contribution in [0.25, 0.3) is 0 Å². The van der Waals surface area contributed by atoms with Gasteiger partial charge in [-0.3, -0.25) is 0 Å². The summed E-state index contributed by atoms with van der Waals surface area (Å²) in [5.41, 5.74) is 7.61. The zero-order chi connectivity index (χ0) is 22.3. The molecule has 0 fully saturated rings. The molecular weight excluding hydrogens is 392 g/mol. The summed E-state index contributed by atoms with van der Waals surface area (Å²) >= 11 is 0. The molecule has 4 aromatic rings. The molecule has 0 saturated carbocycles. The molecule has 2 heteroatoms. The van der Waals surface area contributed by atoms with Crippen molar-refractivity contribution in [1.82, 2.24) is 0 Å². The van der Waals surface area contributed by atoms with Gasteiger partial charge in [-0.1, -0.05) is 86.6 Å². The molecule has 0 atom stereocenters. The summed E-state index contributed by atoms with van der Waals surface area (Å²) in [5.74, 6) is 0.518. The Bertz CT molecular complexity index is 1200. The number of hydrogen-bond donors (Lipinski definition) is 2. The second-order valence-electron chi connectivity index (χ2n) is 8.65. The van der Waals surface area contributed by atoms with Crippen molar-refractivity contribution in [2.24, 2.45) is 0 Å². The average Bonchev–Trinajstić information content (AvgIpc) is 2.83. The largest absolute Gasteiger partial charge is 0.508 e. The van der Waals surface area contributed by atoms with Gasteiger partial charge in [-0.2, -0.15) is 0 Å². The molecule has 0 radical (unpaired) electrons. The standard InChI is InChI=1S/C30H28O2/c1-3-20-13-15-26(28(31)17-20)30(27-16-14-21(4-2)18-29(27)32)24-11-7-5-9-22(24)19-23-10-6-8-12-25(23)30/h5-18,31-32H,3-4,19H2,1-2H3. The third-order valence-electron chi connectivity index (χ3n) is 6.97. The van der Waals surface area contributed by atoms with Gasteiger partial charge in [0.15, 0.2) is 0 Å². The molecule has 0 amide bonds. The average molecular weight is 421 g/mol. The molecule has 0 aromatic heterocycles. The smallest absolute Gasteiger partial charge is 0.120 e. The molecule has 0 saturated heterocycles. The zero-order valence-electron chi connectivity index (χ0n) is 18.6. The number of phenolic OH excluding ortho intramolecular Hbond substituents is 2. The first kappa shape index (κ1) is 20.4. The highest BCUT2D eigenvalue weighted by molar-refractivity contribution is 5.71. The Labute approximate surface area is 189 Å². The van der Waals surface area contributed by atoms with Crippen LogP contribution in [0.1, 0.15) is 58.4 Å². The van der Waals surface area contributed by atoms with E-state index in [1.165, 1.54) is 11.1 Å². The van der Waals surface area contributed by atoms with E-state index in [4.69, 9.17) is 0 Å². The number of fused-ring (bicyclic) bond motifs is 2. The minimum Gasteiger partial charge on any atom is -0.508 e. The predicted octanol–water partition coefficient (Wildman–Crippen LogP) is 6.51. The van der Waals surface area contributed by atoms with Gasteiger partial charge in [-0.25, -0.2) is 0 Å². The van der Waals surface area contributed by atoms with Gasteiger partial charge in [0.25, 0.3) is 0 Å². The lowest BCUT2D eigenvalue weighted by atomic mass is 9.59. The summed E-state index contributed by atoms with van der Waals surface area (Å²) < 4.78 is 0. The van der Waals surface area contributed by atoms with Crippen molar-refractivity contribution in [3.8, 4) is 11.5 Å². The van der Waals surface area contributed by atoms with Crippen molar-refractivity contribution in [1.29, 1.82) is 0 Å². The molecule has 1 aliphatic rings. The Balaban J connectivity index is 1.96. The molecular formula is C30H28O2. The highest BCUT2D eigenvalue weighted by atomic mass is 16.3. The quantitative estimate of drug-likeness (QED) is 0.348. The van der Waals surface area contributed by atoms with Crippen molar-refractivity contribution in [2.45, 2.75) is 38.5 Å². The topological polar surface area (TPSA) is 40.5 Å². The Morgan fingerprint density at radius 1 is 0.594 bits per heavy atom. The Kier molecular flexibility index (Phi) is 5.01. The maximum atomic E-state index is 11.4. The fourth-order valence-corrected chi connectivity index (χ4v) is 5.38. The van der Waals surface area contributed by atoms with Crippen LogP contribution in [0, 0.1) is 0 Å². The summed E-state index contributed by atoms with van der Waals surface area (Å²) in [6.07, 6.45) is 2.53. The first-order chi connectivity index (χ1) is 15.6. The molecule has 160 valence electrons. The van der Waals surface area contributed by atoms with Crippen molar-refractivity contribution in [3.05, 3.63) is 129 Å². The second kappa shape index (κ2) is 7.87. The van der Waals surface area contributed by atoms with Crippen molar-refractivity contribution >= 4 is 0 Å². The van der Waals surface area contributed by atoms with E-state index >= 15 is 0 Å². The van der Waals surface area contributed by atoms with Crippen LogP contribution in [-0.2, 0) is 24.7 Å². The molecule has 32 heavy (non-hydrogen) atoms. The van der Waals surface area contributed by atoms with Crippen molar-refractivity contribution in [3.63, 3.8) is 0 Å². The van der Waals surface area contributed by atoms with E-state index in [0.29, 0.717) is 0 Å². The molecule has 0 aliphatic heterocycles. The molecule has 1 aliphatic carbocycles.